The molecule has 2 aromatic rings. The first-order valence-electron chi connectivity index (χ1n) is 11.7. The summed E-state index contributed by atoms with van der Waals surface area (Å²) < 4.78 is 31.9. The zero-order chi connectivity index (χ0) is 26.2. The van der Waals surface area contributed by atoms with Crippen molar-refractivity contribution >= 4 is 27.5 Å². The lowest BCUT2D eigenvalue weighted by Gasteiger charge is -2.32. The van der Waals surface area contributed by atoms with Crippen LogP contribution in [0.2, 0.25) is 0 Å². The Hall–Kier alpha value is -3.07. The van der Waals surface area contributed by atoms with Crippen LogP contribution in [0.5, 0.6) is 5.75 Å². The van der Waals surface area contributed by atoms with Crippen molar-refractivity contribution in [3.8, 4) is 5.75 Å². The minimum atomic E-state index is -3.83. The van der Waals surface area contributed by atoms with Crippen LogP contribution < -0.4 is 14.4 Å². The van der Waals surface area contributed by atoms with Crippen LogP contribution in [0.25, 0.3) is 0 Å². The fourth-order valence-electron chi connectivity index (χ4n) is 3.60. The number of hydrogen-bond donors (Lipinski definition) is 1. The summed E-state index contributed by atoms with van der Waals surface area (Å²) in [5, 5.41) is 2.87. The van der Waals surface area contributed by atoms with Gasteiger partial charge in [0.1, 0.15) is 18.3 Å². The van der Waals surface area contributed by atoms with Gasteiger partial charge in [-0.3, -0.25) is 13.9 Å². The summed E-state index contributed by atoms with van der Waals surface area (Å²) in [6, 6.07) is 12.0. The number of ether oxygens (including phenoxy) is 1. The molecule has 0 heterocycles. The summed E-state index contributed by atoms with van der Waals surface area (Å²) in [7, 11) is -2.39. The normalized spacial score (nSPS) is 12.1. The number of benzene rings is 2. The molecule has 0 bridgehead atoms. The predicted octanol–water partition coefficient (Wildman–Crippen LogP) is 3.41. The highest BCUT2D eigenvalue weighted by Crippen LogP contribution is 2.31. The molecule has 0 spiro atoms. The summed E-state index contributed by atoms with van der Waals surface area (Å²) in [5.41, 5.74) is 3.02. The van der Waals surface area contributed by atoms with E-state index in [1.165, 1.54) is 12.0 Å². The van der Waals surface area contributed by atoms with Crippen molar-refractivity contribution in [2.75, 3.05) is 30.8 Å². The van der Waals surface area contributed by atoms with E-state index < -0.39 is 28.5 Å². The van der Waals surface area contributed by atoms with Gasteiger partial charge in [0.25, 0.3) is 0 Å². The highest BCUT2D eigenvalue weighted by molar-refractivity contribution is 7.92. The Morgan fingerprint density at radius 2 is 1.69 bits per heavy atom. The Bertz CT molecular complexity index is 1120. The van der Waals surface area contributed by atoms with Gasteiger partial charge in [0.05, 0.1) is 19.1 Å². The van der Waals surface area contributed by atoms with Gasteiger partial charge in [-0.05, 0) is 50.5 Å². The molecule has 0 saturated heterocycles. The number of unbranched alkanes of at least 4 members (excludes halogenated alkanes) is 1. The molecule has 0 saturated carbocycles. The Labute approximate surface area is 209 Å². The van der Waals surface area contributed by atoms with Crippen molar-refractivity contribution in [2.24, 2.45) is 0 Å². The number of sulfonamides is 1. The maximum Gasteiger partial charge on any atom is 0.244 e. The number of aryl methyl sites for hydroxylation is 2. The molecule has 192 valence electrons. The predicted molar refractivity (Wildman–Crippen MR) is 139 cm³/mol. The molecule has 2 aromatic carbocycles. The smallest absolute Gasteiger partial charge is 0.244 e. The number of nitrogens with one attached hydrogen (secondary N) is 1. The topological polar surface area (TPSA) is 96.0 Å². The fourth-order valence-corrected chi connectivity index (χ4v) is 4.44. The van der Waals surface area contributed by atoms with Crippen molar-refractivity contribution in [3.05, 3.63) is 59.2 Å². The number of carbonyl (C=O) groups is 2. The van der Waals surface area contributed by atoms with E-state index in [0.717, 1.165) is 40.1 Å². The number of nitrogens with zero attached hydrogens (tertiary/aromatic N) is 2. The number of methoxy groups -OCH3 is 1. The van der Waals surface area contributed by atoms with Gasteiger partial charge in [0, 0.05) is 13.1 Å². The first kappa shape index (κ1) is 28.2. The minimum Gasteiger partial charge on any atom is -0.495 e. The summed E-state index contributed by atoms with van der Waals surface area (Å²) in [6.45, 7) is 7.71. The van der Waals surface area contributed by atoms with Gasteiger partial charge in [0.15, 0.2) is 0 Å². The van der Waals surface area contributed by atoms with Crippen molar-refractivity contribution in [1.82, 2.24) is 10.2 Å². The van der Waals surface area contributed by atoms with Crippen LogP contribution in [0.3, 0.4) is 0 Å². The van der Waals surface area contributed by atoms with Crippen LogP contribution in [0, 0.1) is 13.8 Å². The molecule has 8 nitrogen and oxygen atoms in total. The van der Waals surface area contributed by atoms with E-state index in [4.69, 9.17) is 4.74 Å². The average molecular weight is 504 g/mol. The van der Waals surface area contributed by atoms with Crippen molar-refractivity contribution in [2.45, 2.75) is 53.1 Å². The number of hydrogen-bond acceptors (Lipinski definition) is 5. The second kappa shape index (κ2) is 12.6. The zero-order valence-electron chi connectivity index (χ0n) is 21.5. The number of carbonyl (C=O) groups excluding carboxylic acids is 2. The lowest BCUT2D eigenvalue weighted by molar-refractivity contribution is -0.139. The fraction of sp³-hybridized carbons (Fsp3) is 0.462. The third-order valence-electron chi connectivity index (χ3n) is 5.75. The first-order chi connectivity index (χ1) is 16.5. The van der Waals surface area contributed by atoms with E-state index >= 15 is 0 Å². The summed E-state index contributed by atoms with van der Waals surface area (Å²) in [6.07, 6.45) is 2.81. The maximum absolute atomic E-state index is 13.6. The molecule has 0 aromatic heterocycles. The summed E-state index contributed by atoms with van der Waals surface area (Å²) in [5.74, 6) is -0.431. The van der Waals surface area contributed by atoms with Gasteiger partial charge in [0.2, 0.25) is 21.8 Å². The Balaban J connectivity index is 2.41. The van der Waals surface area contributed by atoms with Gasteiger partial charge in [-0.1, -0.05) is 49.2 Å². The van der Waals surface area contributed by atoms with Crippen LogP contribution >= 0.6 is 0 Å². The maximum atomic E-state index is 13.6. The second-order valence-electron chi connectivity index (χ2n) is 8.77. The van der Waals surface area contributed by atoms with Crippen LogP contribution in [-0.4, -0.2) is 57.6 Å². The molecule has 0 aliphatic rings. The molecule has 2 amide bonds. The Morgan fingerprint density at radius 3 is 2.26 bits per heavy atom. The van der Waals surface area contributed by atoms with Crippen molar-refractivity contribution in [3.63, 3.8) is 0 Å². The van der Waals surface area contributed by atoms with Gasteiger partial charge in [-0.25, -0.2) is 8.42 Å². The molecule has 0 aliphatic carbocycles. The highest BCUT2D eigenvalue weighted by Gasteiger charge is 2.31. The third kappa shape index (κ3) is 7.99. The number of rotatable bonds is 12. The molecule has 0 unspecified atom stereocenters. The quantitative estimate of drug-likeness (QED) is 0.448. The minimum absolute atomic E-state index is 0.171. The van der Waals surface area contributed by atoms with Gasteiger partial charge < -0.3 is 15.0 Å². The summed E-state index contributed by atoms with van der Waals surface area (Å²) >= 11 is 0. The molecule has 1 atom stereocenters. The van der Waals surface area contributed by atoms with E-state index in [-0.39, 0.29) is 18.1 Å². The van der Waals surface area contributed by atoms with Crippen LogP contribution in [0.15, 0.2) is 42.5 Å². The average Bonchev–Trinajstić information content (AvgIpc) is 2.80. The van der Waals surface area contributed by atoms with E-state index in [2.05, 4.69) is 5.32 Å². The molecule has 0 radical (unpaired) electrons. The van der Waals surface area contributed by atoms with E-state index in [1.807, 2.05) is 45.0 Å². The van der Waals surface area contributed by atoms with E-state index in [0.29, 0.717) is 12.3 Å². The third-order valence-corrected chi connectivity index (χ3v) is 6.88. The second-order valence-corrected chi connectivity index (χ2v) is 10.7. The van der Waals surface area contributed by atoms with Crippen LogP contribution in [-0.2, 0) is 26.2 Å². The highest BCUT2D eigenvalue weighted by atomic mass is 32.2. The van der Waals surface area contributed by atoms with E-state index in [1.54, 1.807) is 25.1 Å². The standard InChI is InChI=1S/C26H37N3O5S/c1-7-8-15-27-26(31)21(4)28(17-22-12-9-19(2)10-13-22)25(30)18-29(35(6,32)33)23-16-20(3)11-14-24(23)34-5/h9-14,16,21H,7-8,15,17-18H2,1-6H3,(H,27,31)/t21-/m0/s1. The molecule has 1 N–H and O–H groups in total. The molecule has 0 fully saturated rings. The Morgan fingerprint density at radius 1 is 1.06 bits per heavy atom. The molecular weight excluding hydrogens is 466 g/mol. The van der Waals surface area contributed by atoms with Crippen LogP contribution in [0.1, 0.15) is 43.4 Å². The SMILES string of the molecule is CCCCNC(=O)[C@H](C)N(Cc1ccc(C)cc1)C(=O)CN(c1cc(C)ccc1OC)S(C)(=O)=O. The number of anilines is 1. The monoisotopic (exact) mass is 503 g/mol. The largest absolute Gasteiger partial charge is 0.495 e. The van der Waals surface area contributed by atoms with Crippen molar-refractivity contribution < 1.29 is 22.7 Å². The molecular formula is C26H37N3O5S. The lowest BCUT2D eigenvalue weighted by Crippen LogP contribution is -2.51. The first-order valence-corrected chi connectivity index (χ1v) is 13.6. The molecule has 9 heteroatoms. The molecule has 0 aliphatic heterocycles. The van der Waals surface area contributed by atoms with Gasteiger partial charge in [-0.2, -0.15) is 0 Å². The molecule has 35 heavy (non-hydrogen) atoms. The zero-order valence-corrected chi connectivity index (χ0v) is 22.3. The summed E-state index contributed by atoms with van der Waals surface area (Å²) in [4.78, 5) is 27.9. The van der Waals surface area contributed by atoms with Crippen LogP contribution in [0.4, 0.5) is 5.69 Å². The number of amides is 2. The lowest BCUT2D eigenvalue weighted by atomic mass is 10.1. The molecule has 2 rings (SSSR count). The van der Waals surface area contributed by atoms with Crippen molar-refractivity contribution in [1.29, 1.82) is 0 Å². The Kier molecular flexibility index (Phi) is 10.1. The van der Waals surface area contributed by atoms with Gasteiger partial charge >= 0.3 is 0 Å². The van der Waals surface area contributed by atoms with E-state index in [9.17, 15) is 18.0 Å². The van der Waals surface area contributed by atoms with Gasteiger partial charge in [-0.15, -0.1) is 0 Å².